The van der Waals surface area contributed by atoms with E-state index in [2.05, 4.69) is 20.8 Å². The van der Waals surface area contributed by atoms with E-state index in [4.69, 9.17) is 0 Å². The summed E-state index contributed by atoms with van der Waals surface area (Å²) in [6.45, 7) is 11.7. The summed E-state index contributed by atoms with van der Waals surface area (Å²) in [7, 11) is 0. The standard InChI is InChI=1S/C10H21NO2.C8H17NO2.C4H9NO2/c1-3-5-7-9-10(11(12)13)8-6-4-2;1-3-4-5-6-7-8(2)9(10)11;1-4(2)3-5(6)7/h10H,3-9H2,1-2H3;8H,3-7H2,1-2H3;4H,3H2,1-2H3. The van der Waals surface area contributed by atoms with Gasteiger partial charge in [-0.2, -0.15) is 0 Å². The Morgan fingerprint density at radius 3 is 1.42 bits per heavy atom. The first kappa shape index (κ1) is 33.8. The van der Waals surface area contributed by atoms with Gasteiger partial charge in [-0.15, -0.1) is 0 Å². The molecule has 0 aliphatic rings. The van der Waals surface area contributed by atoms with E-state index in [1.54, 1.807) is 6.92 Å². The molecule has 2 unspecified atom stereocenters. The first-order chi connectivity index (χ1) is 14.5. The zero-order chi connectivity index (χ0) is 24.7. The third-order valence-electron chi connectivity index (χ3n) is 4.68. The predicted octanol–water partition coefficient (Wildman–Crippen LogP) is 6.94. The molecule has 0 aromatic heterocycles. The fourth-order valence-electron chi connectivity index (χ4n) is 2.69. The van der Waals surface area contributed by atoms with E-state index in [0.717, 1.165) is 64.2 Å². The molecule has 9 nitrogen and oxygen atoms in total. The minimum Gasteiger partial charge on any atom is -0.265 e. The molecule has 0 heterocycles. The Hall–Kier alpha value is -1.80. The van der Waals surface area contributed by atoms with Gasteiger partial charge in [0.2, 0.25) is 18.6 Å². The largest absolute Gasteiger partial charge is 0.265 e. The third-order valence-corrected chi connectivity index (χ3v) is 4.68. The molecule has 0 amide bonds. The van der Waals surface area contributed by atoms with Gasteiger partial charge in [-0.05, 0) is 19.3 Å². The van der Waals surface area contributed by atoms with Crippen LogP contribution in [0.3, 0.4) is 0 Å². The summed E-state index contributed by atoms with van der Waals surface area (Å²) in [5.41, 5.74) is 0. The second kappa shape index (κ2) is 24.5. The van der Waals surface area contributed by atoms with Crippen LogP contribution in [-0.2, 0) is 0 Å². The van der Waals surface area contributed by atoms with Crippen LogP contribution in [0.2, 0.25) is 0 Å². The normalized spacial score (nSPS) is 12.1. The van der Waals surface area contributed by atoms with Gasteiger partial charge in [0.15, 0.2) is 0 Å². The zero-order valence-corrected chi connectivity index (χ0v) is 20.7. The molecule has 186 valence electrons. The average Bonchev–Trinajstić information content (AvgIpc) is 2.67. The van der Waals surface area contributed by atoms with E-state index in [0.29, 0.717) is 0 Å². The Balaban J connectivity index is -0.000000397. The van der Waals surface area contributed by atoms with Crippen LogP contribution in [-0.4, -0.2) is 33.4 Å². The Morgan fingerprint density at radius 1 is 0.613 bits per heavy atom. The van der Waals surface area contributed by atoms with Crippen LogP contribution in [0, 0.1) is 36.3 Å². The molecule has 0 saturated heterocycles. The molecule has 9 heteroatoms. The molecule has 0 aromatic carbocycles. The molecule has 0 spiro atoms. The van der Waals surface area contributed by atoms with Gasteiger partial charge in [-0.3, -0.25) is 30.3 Å². The van der Waals surface area contributed by atoms with Crippen molar-refractivity contribution in [1.29, 1.82) is 0 Å². The second-order valence-electron chi connectivity index (χ2n) is 8.47. The summed E-state index contributed by atoms with van der Waals surface area (Å²) in [5, 5.41) is 30.4. The molecule has 0 aliphatic heterocycles. The van der Waals surface area contributed by atoms with E-state index >= 15 is 0 Å². The minimum absolute atomic E-state index is 0.0833. The summed E-state index contributed by atoms with van der Waals surface area (Å²) in [6, 6.07) is -0.640. The fraction of sp³-hybridized carbons (Fsp3) is 1.00. The molecule has 0 aromatic rings. The van der Waals surface area contributed by atoms with E-state index in [-0.39, 0.29) is 39.3 Å². The van der Waals surface area contributed by atoms with Crippen molar-refractivity contribution in [3.8, 4) is 0 Å². The molecule has 0 aliphatic carbocycles. The monoisotopic (exact) mass is 449 g/mol. The summed E-state index contributed by atoms with van der Waals surface area (Å²) >= 11 is 0. The molecule has 0 radical (unpaired) electrons. The van der Waals surface area contributed by atoms with Gasteiger partial charge in [0.25, 0.3) is 0 Å². The Labute approximate surface area is 188 Å². The topological polar surface area (TPSA) is 129 Å². The van der Waals surface area contributed by atoms with Crippen molar-refractivity contribution in [3.05, 3.63) is 30.3 Å². The number of hydrogen-bond acceptors (Lipinski definition) is 6. The highest BCUT2D eigenvalue weighted by atomic mass is 16.6. The fourth-order valence-corrected chi connectivity index (χ4v) is 2.69. The molecule has 0 rings (SSSR count). The average molecular weight is 450 g/mol. The second-order valence-corrected chi connectivity index (χ2v) is 8.47. The minimum atomic E-state index is -0.355. The molecular formula is C22H47N3O6. The first-order valence-electron chi connectivity index (χ1n) is 11.9. The van der Waals surface area contributed by atoms with E-state index in [1.165, 1.54) is 12.8 Å². The molecular weight excluding hydrogens is 402 g/mol. The number of unbranched alkanes of at least 4 members (excludes halogenated alkanes) is 6. The molecule has 2 atom stereocenters. The molecule has 0 N–H and O–H groups in total. The number of hydrogen-bond donors (Lipinski definition) is 0. The quantitative estimate of drug-likeness (QED) is 0.142. The van der Waals surface area contributed by atoms with Gasteiger partial charge in [-0.1, -0.05) is 73.1 Å². The lowest BCUT2D eigenvalue weighted by atomic mass is 10.0. The van der Waals surface area contributed by atoms with Crippen LogP contribution in [0.25, 0.3) is 0 Å². The van der Waals surface area contributed by atoms with Gasteiger partial charge in [0, 0.05) is 46.9 Å². The zero-order valence-electron chi connectivity index (χ0n) is 20.7. The Kier molecular flexibility index (Phi) is 26.7. The van der Waals surface area contributed by atoms with E-state index < -0.39 is 0 Å². The lowest BCUT2D eigenvalue weighted by molar-refractivity contribution is -0.524. The summed E-state index contributed by atoms with van der Waals surface area (Å²) in [6.07, 6.45) is 12.1. The third kappa shape index (κ3) is 30.5. The highest BCUT2D eigenvalue weighted by Crippen LogP contribution is 2.12. The van der Waals surface area contributed by atoms with Gasteiger partial charge >= 0.3 is 0 Å². The van der Waals surface area contributed by atoms with Crippen LogP contribution in [0.4, 0.5) is 0 Å². The lowest BCUT2D eigenvalue weighted by Crippen LogP contribution is -2.19. The van der Waals surface area contributed by atoms with Gasteiger partial charge in [0.1, 0.15) is 0 Å². The van der Waals surface area contributed by atoms with Crippen LogP contribution in [0.1, 0.15) is 119 Å². The summed E-state index contributed by atoms with van der Waals surface area (Å²) in [4.78, 5) is 29.8. The highest BCUT2D eigenvalue weighted by Gasteiger charge is 2.17. The molecule has 31 heavy (non-hydrogen) atoms. The predicted molar refractivity (Wildman–Crippen MR) is 126 cm³/mol. The Bertz CT molecular complexity index is 447. The van der Waals surface area contributed by atoms with Crippen LogP contribution in [0.15, 0.2) is 0 Å². The SMILES string of the molecule is CC(C)C[N+](=O)[O-].CCCCCC(CCCC)[N+](=O)[O-].CCCCCCC(C)[N+](=O)[O-]. The maximum Gasteiger partial charge on any atom is 0.213 e. The maximum atomic E-state index is 10.6. The number of nitrogens with zero attached hydrogens (tertiary/aromatic N) is 3. The summed E-state index contributed by atoms with van der Waals surface area (Å²) in [5.74, 6) is 0.176. The molecule has 0 fully saturated rings. The van der Waals surface area contributed by atoms with Crippen molar-refractivity contribution in [1.82, 2.24) is 0 Å². The van der Waals surface area contributed by atoms with Crippen molar-refractivity contribution >= 4 is 0 Å². The lowest BCUT2D eigenvalue weighted by Gasteiger charge is -2.07. The Morgan fingerprint density at radius 2 is 1.06 bits per heavy atom. The van der Waals surface area contributed by atoms with Crippen molar-refractivity contribution in [3.63, 3.8) is 0 Å². The molecule has 0 bridgehead atoms. The smallest absolute Gasteiger partial charge is 0.213 e. The van der Waals surface area contributed by atoms with Crippen LogP contribution in [0.5, 0.6) is 0 Å². The van der Waals surface area contributed by atoms with Gasteiger partial charge < -0.3 is 0 Å². The highest BCUT2D eigenvalue weighted by molar-refractivity contribution is 4.57. The van der Waals surface area contributed by atoms with Crippen LogP contribution < -0.4 is 0 Å². The van der Waals surface area contributed by atoms with Crippen molar-refractivity contribution in [2.45, 2.75) is 131 Å². The van der Waals surface area contributed by atoms with Crippen molar-refractivity contribution in [2.75, 3.05) is 6.54 Å². The molecule has 0 saturated carbocycles. The van der Waals surface area contributed by atoms with Crippen molar-refractivity contribution < 1.29 is 14.8 Å². The number of rotatable bonds is 16. The number of nitro groups is 3. The van der Waals surface area contributed by atoms with Crippen LogP contribution >= 0.6 is 0 Å². The first-order valence-corrected chi connectivity index (χ1v) is 11.9. The van der Waals surface area contributed by atoms with Gasteiger partial charge in [0.05, 0.1) is 0 Å². The maximum absolute atomic E-state index is 10.6. The van der Waals surface area contributed by atoms with E-state index in [9.17, 15) is 30.3 Å². The summed E-state index contributed by atoms with van der Waals surface area (Å²) < 4.78 is 0. The van der Waals surface area contributed by atoms with Crippen molar-refractivity contribution in [2.24, 2.45) is 5.92 Å². The van der Waals surface area contributed by atoms with Gasteiger partial charge in [-0.25, -0.2) is 0 Å². The van der Waals surface area contributed by atoms with E-state index in [1.807, 2.05) is 13.8 Å².